The predicted octanol–water partition coefficient (Wildman–Crippen LogP) is 4.83. The van der Waals surface area contributed by atoms with Crippen molar-refractivity contribution in [1.82, 2.24) is 0 Å². The molecule has 0 unspecified atom stereocenters. The van der Waals surface area contributed by atoms with Crippen LogP contribution in [0.15, 0.2) is 0 Å². The van der Waals surface area contributed by atoms with E-state index in [0.717, 1.165) is 0 Å². The van der Waals surface area contributed by atoms with Crippen molar-refractivity contribution in [2.45, 2.75) is 90.6 Å². The first-order valence-corrected chi connectivity index (χ1v) is 22.0. The van der Waals surface area contributed by atoms with Gasteiger partial charge in [0.1, 0.15) is 0 Å². The Morgan fingerprint density at radius 3 is 1.11 bits per heavy atom. The maximum absolute atomic E-state index is 2.56. The van der Waals surface area contributed by atoms with E-state index in [-0.39, 0.29) is 4.39 Å². The third-order valence-electron chi connectivity index (χ3n) is 6.15. The first-order valence-electron chi connectivity index (χ1n) is 8.52. The molecule has 0 saturated carbocycles. The third-order valence-corrected chi connectivity index (χ3v) is 69.2. The van der Waals surface area contributed by atoms with Crippen molar-refractivity contribution >= 4 is 46.6 Å². The van der Waals surface area contributed by atoms with Gasteiger partial charge >= 0.3 is 137 Å². The second-order valence-electron chi connectivity index (χ2n) is 6.36. The molecule has 104 valence electrons. The maximum atomic E-state index is 2.56. The molecule has 0 saturated heterocycles. The summed E-state index contributed by atoms with van der Waals surface area (Å²) in [6.45, 7) is 15.1. The predicted molar refractivity (Wildman–Crippen MR) is 96.5 cm³/mol. The van der Waals surface area contributed by atoms with E-state index in [1.807, 2.05) is 0 Å². The second kappa shape index (κ2) is 9.56. The van der Waals surface area contributed by atoms with Crippen molar-refractivity contribution < 1.29 is 0 Å². The van der Waals surface area contributed by atoms with Crippen molar-refractivity contribution in [1.29, 1.82) is 0 Å². The molecule has 0 heterocycles. The Morgan fingerprint density at radius 2 is 0.944 bits per heavy atom. The Labute approximate surface area is 136 Å². The summed E-state index contributed by atoms with van der Waals surface area (Å²) in [5.41, 5.74) is 0. The van der Waals surface area contributed by atoms with E-state index in [4.69, 9.17) is 0 Å². The average molecular weight is 311 g/mol. The second-order valence-corrected chi connectivity index (χ2v) is 41.8. The molecule has 0 aliphatic carbocycles. The van der Waals surface area contributed by atoms with Crippen LogP contribution in [-0.4, -0.2) is 46.6 Å². The summed E-state index contributed by atoms with van der Waals surface area (Å²) in [5.74, 6) is 0. The fraction of sp³-hybridized carbons (Fsp3) is 1.00. The first kappa shape index (κ1) is 19.7. The number of hydrogen-bond acceptors (Lipinski definition) is 0. The molecule has 0 aliphatic heterocycles. The summed E-state index contributed by atoms with van der Waals surface area (Å²) < 4.78 is -0.322. The summed E-state index contributed by atoms with van der Waals surface area (Å²) in [4.78, 5) is 0. The molecule has 0 bridgehead atoms. The van der Waals surface area contributed by atoms with Crippen LogP contribution in [0, 0.1) is 0 Å². The Kier molecular flexibility index (Phi) is 10.4. The molecule has 0 atom stereocenters. The average Bonchev–Trinajstić information content (AvgIpc) is 2.42. The molecule has 0 aromatic carbocycles. The minimum absolute atomic E-state index is 0.322. The SMILES string of the molecule is CCC[Si](CC)(CC)[SiH]([Na])[Si](CC)(CC)CCC. The summed E-state index contributed by atoms with van der Waals surface area (Å²) in [7, 11) is -1.60. The Balaban J connectivity index is 5.28. The van der Waals surface area contributed by atoms with Gasteiger partial charge < -0.3 is 0 Å². The van der Waals surface area contributed by atoms with Gasteiger partial charge in [0.2, 0.25) is 0 Å². The normalized spacial score (nSPS) is 13.4. The van der Waals surface area contributed by atoms with Gasteiger partial charge in [-0.1, -0.05) is 0 Å². The molecule has 0 aromatic rings. The van der Waals surface area contributed by atoms with Crippen molar-refractivity contribution in [3.63, 3.8) is 0 Å². The van der Waals surface area contributed by atoms with Gasteiger partial charge in [-0.15, -0.1) is 0 Å². The van der Waals surface area contributed by atoms with Gasteiger partial charge in [-0.05, 0) is 0 Å². The van der Waals surface area contributed by atoms with E-state index in [1.165, 1.54) is 12.8 Å². The van der Waals surface area contributed by atoms with Crippen LogP contribution >= 0.6 is 0 Å². The van der Waals surface area contributed by atoms with Gasteiger partial charge in [0.05, 0.1) is 0 Å². The Bertz CT molecular complexity index is 191. The van der Waals surface area contributed by atoms with Crippen molar-refractivity contribution in [2.24, 2.45) is 0 Å². The zero-order valence-corrected chi connectivity index (χ0v) is 19.4. The summed E-state index contributed by atoms with van der Waals surface area (Å²) in [5, 5.41) is 0. The van der Waals surface area contributed by atoms with Gasteiger partial charge in [-0.25, -0.2) is 0 Å². The molecular formula is C14H35NaSi3. The quantitative estimate of drug-likeness (QED) is 0.507. The topological polar surface area (TPSA) is 0 Å². The van der Waals surface area contributed by atoms with Gasteiger partial charge in [-0.3, -0.25) is 0 Å². The molecule has 0 aromatic heterocycles. The van der Waals surface area contributed by atoms with Crippen LogP contribution in [0.5, 0.6) is 0 Å². The van der Waals surface area contributed by atoms with Gasteiger partial charge in [0.15, 0.2) is 0 Å². The van der Waals surface area contributed by atoms with Crippen LogP contribution < -0.4 is 0 Å². The molecule has 0 nitrogen and oxygen atoms in total. The van der Waals surface area contributed by atoms with Crippen LogP contribution in [0.3, 0.4) is 0 Å². The van der Waals surface area contributed by atoms with E-state index < -0.39 is 15.2 Å². The first-order chi connectivity index (χ1) is 8.52. The van der Waals surface area contributed by atoms with Gasteiger partial charge in [0, 0.05) is 0 Å². The van der Waals surface area contributed by atoms with Crippen LogP contribution in [0.1, 0.15) is 54.4 Å². The van der Waals surface area contributed by atoms with Crippen molar-refractivity contribution in [2.75, 3.05) is 0 Å². The van der Waals surface area contributed by atoms with E-state index in [2.05, 4.69) is 41.5 Å². The molecule has 4 heteroatoms. The number of rotatable bonds is 10. The van der Waals surface area contributed by atoms with Gasteiger partial charge in [0.25, 0.3) is 0 Å². The summed E-state index contributed by atoms with van der Waals surface area (Å²) in [6.07, 6.45) is 2.95. The Hall–Kier alpha value is 1.65. The van der Waals surface area contributed by atoms with Gasteiger partial charge in [-0.2, -0.15) is 0 Å². The molecule has 0 fully saturated rings. The molecule has 0 N–H and O–H groups in total. The van der Waals surface area contributed by atoms with Crippen molar-refractivity contribution in [3.8, 4) is 0 Å². The fourth-order valence-corrected chi connectivity index (χ4v) is 70.6. The summed E-state index contributed by atoms with van der Waals surface area (Å²) in [6, 6.07) is 9.84. The summed E-state index contributed by atoms with van der Waals surface area (Å²) >= 11 is 1.63. The minimum atomic E-state index is -0.799. The monoisotopic (exact) mass is 310 g/mol. The molecule has 0 spiro atoms. The Morgan fingerprint density at radius 1 is 0.667 bits per heavy atom. The molecule has 0 rings (SSSR count). The molecular weight excluding hydrogens is 275 g/mol. The zero-order chi connectivity index (χ0) is 14.2. The molecule has 0 aliphatic rings. The molecule has 0 radical (unpaired) electrons. The van der Waals surface area contributed by atoms with E-state index >= 15 is 0 Å². The number of hydrogen-bond donors (Lipinski definition) is 0. The standard InChI is InChI=1S/C14H35Si3.Na/c1-7-13-16(9-3,10-4)15-17(11-5,12-6)14-8-2;/h15H,7-14H2,1-6H3;. The van der Waals surface area contributed by atoms with Crippen LogP contribution in [0.4, 0.5) is 0 Å². The third kappa shape index (κ3) is 4.32. The van der Waals surface area contributed by atoms with E-state index in [0.29, 0.717) is 0 Å². The van der Waals surface area contributed by atoms with E-state index in [1.54, 1.807) is 63.3 Å². The van der Waals surface area contributed by atoms with Crippen LogP contribution in [0.25, 0.3) is 0 Å². The van der Waals surface area contributed by atoms with E-state index in [9.17, 15) is 0 Å². The van der Waals surface area contributed by atoms with Crippen molar-refractivity contribution in [3.05, 3.63) is 0 Å². The fourth-order valence-electron chi connectivity index (χ4n) is 4.51. The van der Waals surface area contributed by atoms with Crippen LogP contribution in [-0.2, 0) is 0 Å². The van der Waals surface area contributed by atoms with Crippen LogP contribution in [0.2, 0.25) is 36.3 Å². The molecule has 0 amide bonds. The zero-order valence-electron chi connectivity index (χ0n) is 14.2. The molecule has 18 heavy (non-hydrogen) atoms.